The van der Waals surface area contributed by atoms with Gasteiger partial charge in [-0.2, -0.15) is 5.10 Å². The van der Waals surface area contributed by atoms with E-state index in [0.717, 1.165) is 20.9 Å². The van der Waals surface area contributed by atoms with Crippen LogP contribution >= 0.6 is 15.9 Å². The molecule has 0 bridgehead atoms. The maximum Gasteiger partial charge on any atom is 0.341 e. The number of anilines is 1. The first-order chi connectivity index (χ1) is 13.0. The van der Waals surface area contributed by atoms with Crippen LogP contribution in [0.5, 0.6) is 0 Å². The van der Waals surface area contributed by atoms with Crippen LogP contribution in [0.2, 0.25) is 0 Å². The molecule has 4 rings (SSSR count). The monoisotopic (exact) mass is 425 g/mol. The van der Waals surface area contributed by atoms with Gasteiger partial charge in [-0.1, -0.05) is 28.1 Å². The van der Waals surface area contributed by atoms with Crippen LogP contribution in [0.1, 0.15) is 18.5 Å². The van der Waals surface area contributed by atoms with E-state index >= 15 is 0 Å². The highest BCUT2D eigenvalue weighted by molar-refractivity contribution is 9.10. The van der Waals surface area contributed by atoms with Crippen molar-refractivity contribution in [2.24, 2.45) is 10.9 Å². The Morgan fingerprint density at radius 3 is 2.89 bits per heavy atom. The summed E-state index contributed by atoms with van der Waals surface area (Å²) in [5.74, 6) is -0.846. The molecule has 0 radical (unpaired) electrons. The molecule has 2 aromatic carbocycles. The first-order valence-corrected chi connectivity index (χ1v) is 9.16. The number of carbonyl (C=O) groups is 2. The summed E-state index contributed by atoms with van der Waals surface area (Å²) in [7, 11) is 0. The summed E-state index contributed by atoms with van der Waals surface area (Å²) >= 11 is 3.44. The minimum Gasteiger partial charge on any atom is -0.328 e. The van der Waals surface area contributed by atoms with Gasteiger partial charge in [0.15, 0.2) is 0 Å². The summed E-state index contributed by atoms with van der Waals surface area (Å²) in [6, 6.07) is 12.1. The van der Waals surface area contributed by atoms with Crippen LogP contribution in [-0.2, 0) is 4.79 Å². The van der Waals surface area contributed by atoms with Gasteiger partial charge in [-0.05, 0) is 42.8 Å². The number of nitrogens with one attached hydrogen (secondary N) is 3. The van der Waals surface area contributed by atoms with Gasteiger partial charge in [0.05, 0.1) is 17.8 Å². The first-order valence-electron chi connectivity index (χ1n) is 8.36. The molecule has 1 aliphatic heterocycles. The zero-order valence-electron chi connectivity index (χ0n) is 14.4. The lowest BCUT2D eigenvalue weighted by molar-refractivity contribution is -0.118. The maximum absolute atomic E-state index is 13.0. The third-order valence-electron chi connectivity index (χ3n) is 4.54. The largest absolute Gasteiger partial charge is 0.341 e. The van der Waals surface area contributed by atoms with Crippen LogP contribution < -0.4 is 10.6 Å². The quantitative estimate of drug-likeness (QED) is 0.594. The zero-order chi connectivity index (χ0) is 19.0. The van der Waals surface area contributed by atoms with Crippen molar-refractivity contribution in [2.75, 3.05) is 5.32 Å². The van der Waals surface area contributed by atoms with Gasteiger partial charge < -0.3 is 10.6 Å². The Kier molecular flexibility index (Phi) is 4.49. The second kappa shape index (κ2) is 6.96. The van der Waals surface area contributed by atoms with Crippen LogP contribution in [0, 0.1) is 5.92 Å². The Bertz CT molecular complexity index is 1070. The van der Waals surface area contributed by atoms with Crippen LogP contribution in [0.3, 0.4) is 0 Å². The lowest BCUT2D eigenvalue weighted by Crippen LogP contribution is -2.45. The van der Waals surface area contributed by atoms with Crippen molar-refractivity contribution in [3.63, 3.8) is 0 Å². The van der Waals surface area contributed by atoms with E-state index in [2.05, 4.69) is 41.8 Å². The number of aromatic amines is 1. The minimum atomic E-state index is -0.614. The molecule has 0 aliphatic carbocycles. The molecule has 0 saturated carbocycles. The lowest BCUT2D eigenvalue weighted by Gasteiger charge is -2.30. The lowest BCUT2D eigenvalue weighted by atomic mass is 9.87. The number of aromatic nitrogens is 2. The number of rotatable bonds is 3. The zero-order valence-corrected chi connectivity index (χ0v) is 15.9. The molecule has 0 fully saturated rings. The van der Waals surface area contributed by atoms with Gasteiger partial charge in [-0.15, -0.1) is 0 Å². The summed E-state index contributed by atoms with van der Waals surface area (Å²) in [6.07, 6.45) is 1.70. The van der Waals surface area contributed by atoms with Crippen molar-refractivity contribution in [2.45, 2.75) is 13.0 Å². The van der Waals surface area contributed by atoms with Gasteiger partial charge in [-0.3, -0.25) is 9.89 Å². The van der Waals surface area contributed by atoms with Gasteiger partial charge in [0.25, 0.3) is 0 Å². The molecule has 3 amide bonds. The molecule has 2 unspecified atom stereocenters. The number of hydrogen-bond donors (Lipinski definition) is 3. The molecule has 7 nitrogen and oxygen atoms in total. The molecule has 8 heteroatoms. The summed E-state index contributed by atoms with van der Waals surface area (Å²) < 4.78 is 0.874. The molecule has 27 heavy (non-hydrogen) atoms. The van der Waals surface area contributed by atoms with Crippen LogP contribution in [0.4, 0.5) is 10.5 Å². The number of hydrogen-bond acceptors (Lipinski definition) is 3. The molecule has 3 N–H and O–H groups in total. The van der Waals surface area contributed by atoms with Crippen molar-refractivity contribution < 1.29 is 9.59 Å². The third-order valence-corrected chi connectivity index (χ3v) is 5.03. The van der Waals surface area contributed by atoms with Crippen LogP contribution in [0.25, 0.3) is 10.9 Å². The number of benzene rings is 2. The van der Waals surface area contributed by atoms with E-state index in [4.69, 9.17) is 0 Å². The molecule has 0 saturated heterocycles. The van der Waals surface area contributed by atoms with Crippen molar-refractivity contribution in [3.8, 4) is 0 Å². The minimum absolute atomic E-state index is 0.232. The standard InChI is InChI=1S/C19H16BrN5O2/c1-10-16(17(24-19(27)22-10)11-3-2-4-13(20)7-11)18(26)23-14-5-6-15-12(8-14)9-21-25-15/h2-9,16-17H,1H3,(H,21,25)(H,23,26)(H,24,27). The number of halogens is 1. The van der Waals surface area contributed by atoms with Crippen LogP contribution in [-0.4, -0.2) is 27.8 Å². The Hall–Kier alpha value is -3.00. The molecule has 2 heterocycles. The number of amides is 3. The molecule has 136 valence electrons. The predicted molar refractivity (Wildman–Crippen MR) is 107 cm³/mol. The van der Waals surface area contributed by atoms with Crippen molar-refractivity contribution in [3.05, 3.63) is 58.7 Å². The number of fused-ring (bicyclic) bond motifs is 1. The van der Waals surface area contributed by atoms with E-state index in [1.807, 2.05) is 36.4 Å². The van der Waals surface area contributed by atoms with Gasteiger partial charge >= 0.3 is 6.03 Å². The Morgan fingerprint density at radius 2 is 2.07 bits per heavy atom. The highest BCUT2D eigenvalue weighted by Crippen LogP contribution is 2.30. The number of aliphatic imine (C=N–C) groups is 1. The molecular weight excluding hydrogens is 410 g/mol. The second-order valence-corrected chi connectivity index (χ2v) is 7.29. The van der Waals surface area contributed by atoms with E-state index in [0.29, 0.717) is 11.4 Å². The molecular formula is C19H16BrN5O2. The van der Waals surface area contributed by atoms with Gasteiger partial charge in [0, 0.05) is 21.3 Å². The fourth-order valence-corrected chi connectivity index (χ4v) is 3.69. The Labute approximate surface area is 163 Å². The average molecular weight is 426 g/mol. The highest BCUT2D eigenvalue weighted by Gasteiger charge is 2.36. The van der Waals surface area contributed by atoms with E-state index in [1.54, 1.807) is 19.2 Å². The highest BCUT2D eigenvalue weighted by atomic mass is 79.9. The summed E-state index contributed by atoms with van der Waals surface area (Å²) in [5, 5.41) is 13.5. The Balaban J connectivity index is 1.65. The van der Waals surface area contributed by atoms with Crippen molar-refractivity contribution >= 4 is 50.2 Å². The van der Waals surface area contributed by atoms with E-state index in [9.17, 15) is 9.59 Å². The van der Waals surface area contributed by atoms with Gasteiger partial charge in [0.2, 0.25) is 5.91 Å². The SMILES string of the molecule is CC1=NC(=O)NC(c2cccc(Br)c2)C1C(=O)Nc1ccc2[nH]ncc2c1. The van der Waals surface area contributed by atoms with E-state index in [1.165, 1.54) is 0 Å². The predicted octanol–water partition coefficient (Wildman–Crippen LogP) is 3.81. The number of H-pyrrole nitrogens is 1. The molecule has 2 atom stereocenters. The molecule has 3 aromatic rings. The summed E-state index contributed by atoms with van der Waals surface area (Å²) in [4.78, 5) is 28.9. The fourth-order valence-electron chi connectivity index (χ4n) is 3.28. The molecule has 1 aromatic heterocycles. The van der Waals surface area contributed by atoms with Crippen LogP contribution in [0.15, 0.2) is 58.1 Å². The second-order valence-electron chi connectivity index (χ2n) is 6.37. The topological polar surface area (TPSA) is 99.2 Å². The number of carbonyl (C=O) groups excluding carboxylic acids is 2. The van der Waals surface area contributed by atoms with Gasteiger partial charge in [-0.25, -0.2) is 9.79 Å². The van der Waals surface area contributed by atoms with Crippen molar-refractivity contribution in [1.82, 2.24) is 15.5 Å². The maximum atomic E-state index is 13.0. The average Bonchev–Trinajstić information content (AvgIpc) is 3.08. The molecule has 0 spiro atoms. The summed E-state index contributed by atoms with van der Waals surface area (Å²) in [6.45, 7) is 1.70. The van der Waals surface area contributed by atoms with Crippen molar-refractivity contribution in [1.29, 1.82) is 0 Å². The van der Waals surface area contributed by atoms with Gasteiger partial charge in [0.1, 0.15) is 5.92 Å². The smallest absolute Gasteiger partial charge is 0.328 e. The Morgan fingerprint density at radius 1 is 1.22 bits per heavy atom. The number of nitrogens with zero attached hydrogens (tertiary/aromatic N) is 2. The summed E-state index contributed by atoms with van der Waals surface area (Å²) in [5.41, 5.74) is 2.86. The van der Waals surface area contributed by atoms with E-state index in [-0.39, 0.29) is 5.91 Å². The number of urea groups is 1. The molecule has 1 aliphatic rings. The van der Waals surface area contributed by atoms with E-state index < -0.39 is 18.0 Å². The fraction of sp³-hybridized carbons (Fsp3) is 0.158. The normalized spacial score (nSPS) is 19.5. The third kappa shape index (κ3) is 3.48. The first kappa shape index (κ1) is 17.4.